The van der Waals surface area contributed by atoms with Crippen LogP contribution in [-0.4, -0.2) is 44.5 Å². The van der Waals surface area contributed by atoms with Crippen LogP contribution < -0.4 is 11.3 Å². The number of aromatic nitrogens is 1. The van der Waals surface area contributed by atoms with Gasteiger partial charge in [0.1, 0.15) is 5.82 Å². The van der Waals surface area contributed by atoms with E-state index in [1.165, 1.54) is 42.5 Å². The molecule has 1 heterocycles. The van der Waals surface area contributed by atoms with Crippen molar-refractivity contribution in [1.29, 1.82) is 0 Å². The third-order valence-corrected chi connectivity index (χ3v) is 5.04. The van der Waals surface area contributed by atoms with Crippen LogP contribution in [0.15, 0.2) is 23.2 Å². The van der Waals surface area contributed by atoms with Crippen LogP contribution in [-0.2, 0) is 14.8 Å². The fourth-order valence-corrected chi connectivity index (χ4v) is 2.85. The Kier molecular flexibility index (Phi) is 4.92. The van der Waals surface area contributed by atoms with Crippen molar-refractivity contribution < 1.29 is 13.2 Å². The second kappa shape index (κ2) is 6.49. The number of sulfonamides is 1. The highest BCUT2D eigenvalue weighted by Crippen LogP contribution is 2.28. The van der Waals surface area contributed by atoms with Crippen molar-refractivity contribution in [3.8, 4) is 0 Å². The minimum atomic E-state index is -3.54. The number of anilines is 1. The molecule has 1 aliphatic rings. The molecule has 2 rings (SSSR count). The Labute approximate surface area is 119 Å². The van der Waals surface area contributed by atoms with Gasteiger partial charge in [0.15, 0.2) is 0 Å². The molecule has 0 saturated heterocycles. The van der Waals surface area contributed by atoms with Crippen LogP contribution in [0.1, 0.15) is 12.8 Å². The minimum Gasteiger partial charge on any atom is -0.380 e. The molecule has 1 aliphatic carbocycles. The van der Waals surface area contributed by atoms with Crippen molar-refractivity contribution in [3.63, 3.8) is 0 Å². The van der Waals surface area contributed by atoms with Gasteiger partial charge in [0.2, 0.25) is 10.0 Å². The van der Waals surface area contributed by atoms with Gasteiger partial charge in [0.25, 0.3) is 0 Å². The lowest BCUT2D eigenvalue weighted by molar-refractivity contribution is 0.117. The van der Waals surface area contributed by atoms with Crippen molar-refractivity contribution >= 4 is 15.8 Å². The summed E-state index contributed by atoms with van der Waals surface area (Å²) in [6, 6.07) is 2.84. The number of nitrogen functional groups attached to an aromatic ring is 1. The van der Waals surface area contributed by atoms with Gasteiger partial charge >= 0.3 is 0 Å². The third-order valence-electron chi connectivity index (χ3n) is 3.19. The number of likely N-dealkylation sites (N-methyl/N-ethyl adjacent to an activating group) is 1. The molecule has 8 heteroatoms. The molecular weight excluding hydrogens is 280 g/mol. The first-order valence-corrected chi connectivity index (χ1v) is 7.95. The summed E-state index contributed by atoms with van der Waals surface area (Å²) >= 11 is 0. The molecular formula is C12H20N4O3S. The number of nitrogens with two attached hydrogens (primary N) is 1. The molecule has 0 radical (unpaired) electrons. The smallest absolute Gasteiger partial charge is 0.243 e. The molecule has 1 aromatic heterocycles. The third kappa shape index (κ3) is 3.89. The molecule has 0 atom stereocenters. The Bertz CT molecular complexity index is 545. The predicted molar refractivity (Wildman–Crippen MR) is 75.4 cm³/mol. The number of hydrazine groups is 1. The maximum atomic E-state index is 12.3. The van der Waals surface area contributed by atoms with E-state index in [0.29, 0.717) is 24.9 Å². The monoisotopic (exact) mass is 300 g/mol. The summed E-state index contributed by atoms with van der Waals surface area (Å²) in [6.07, 6.45) is 3.85. The minimum absolute atomic E-state index is 0.158. The summed E-state index contributed by atoms with van der Waals surface area (Å²) in [6.45, 7) is 1.45. The van der Waals surface area contributed by atoms with E-state index in [-0.39, 0.29) is 4.90 Å². The topological polar surface area (TPSA) is 97.5 Å². The number of hydrogen-bond acceptors (Lipinski definition) is 6. The van der Waals surface area contributed by atoms with Gasteiger partial charge in [0, 0.05) is 32.5 Å². The van der Waals surface area contributed by atoms with Crippen LogP contribution in [0, 0.1) is 5.92 Å². The van der Waals surface area contributed by atoms with E-state index < -0.39 is 10.0 Å². The van der Waals surface area contributed by atoms with Gasteiger partial charge in [-0.05, 0) is 24.8 Å². The van der Waals surface area contributed by atoms with Crippen LogP contribution in [0.5, 0.6) is 0 Å². The number of rotatable bonds is 8. The maximum Gasteiger partial charge on any atom is 0.243 e. The fourth-order valence-electron chi connectivity index (χ4n) is 1.68. The zero-order chi connectivity index (χ0) is 14.6. The number of nitrogens with one attached hydrogen (secondary N) is 1. The molecule has 0 aromatic carbocycles. The fraction of sp³-hybridized carbons (Fsp3) is 0.583. The number of nitrogens with zero attached hydrogens (tertiary/aromatic N) is 2. The Morgan fingerprint density at radius 3 is 2.95 bits per heavy atom. The average molecular weight is 300 g/mol. The highest BCUT2D eigenvalue weighted by Gasteiger charge is 2.23. The summed E-state index contributed by atoms with van der Waals surface area (Å²) in [4.78, 5) is 4.05. The normalized spacial score (nSPS) is 15.6. The molecule has 0 bridgehead atoms. The lowest BCUT2D eigenvalue weighted by Crippen LogP contribution is -2.30. The quantitative estimate of drug-likeness (QED) is 0.410. The summed E-state index contributed by atoms with van der Waals surface area (Å²) in [5, 5.41) is 0. The number of hydrogen-bond donors (Lipinski definition) is 2. The van der Waals surface area contributed by atoms with E-state index in [4.69, 9.17) is 10.6 Å². The second-order valence-electron chi connectivity index (χ2n) is 4.87. The Hall–Kier alpha value is -1.22. The van der Waals surface area contributed by atoms with E-state index in [1.807, 2.05) is 0 Å². The Balaban J connectivity index is 1.92. The highest BCUT2D eigenvalue weighted by molar-refractivity contribution is 7.89. The van der Waals surface area contributed by atoms with Gasteiger partial charge in [-0.25, -0.2) is 19.2 Å². The van der Waals surface area contributed by atoms with Crippen LogP contribution >= 0.6 is 0 Å². The molecule has 1 saturated carbocycles. The zero-order valence-corrected chi connectivity index (χ0v) is 12.3. The number of ether oxygens (including phenoxy) is 1. The predicted octanol–water partition coefficient (Wildman–Crippen LogP) is 0.414. The first-order chi connectivity index (χ1) is 9.54. The zero-order valence-electron chi connectivity index (χ0n) is 11.4. The number of pyridine rings is 1. The highest BCUT2D eigenvalue weighted by atomic mass is 32.2. The second-order valence-corrected chi connectivity index (χ2v) is 6.91. The molecule has 3 N–H and O–H groups in total. The Morgan fingerprint density at radius 1 is 1.55 bits per heavy atom. The van der Waals surface area contributed by atoms with Gasteiger partial charge in [-0.15, -0.1) is 0 Å². The SMILES string of the molecule is CN(CCOCC1CC1)S(=O)(=O)c1ccnc(NN)c1. The lowest BCUT2D eigenvalue weighted by Gasteiger charge is -2.17. The molecule has 112 valence electrons. The van der Waals surface area contributed by atoms with Gasteiger partial charge in [-0.1, -0.05) is 0 Å². The molecule has 0 amide bonds. The largest absolute Gasteiger partial charge is 0.380 e. The summed E-state index contributed by atoms with van der Waals surface area (Å²) in [5.41, 5.74) is 2.33. The first kappa shape index (κ1) is 15.2. The lowest BCUT2D eigenvalue weighted by atomic mass is 10.5. The van der Waals surface area contributed by atoms with Gasteiger partial charge in [-0.3, -0.25) is 0 Å². The Morgan fingerprint density at radius 2 is 2.30 bits per heavy atom. The van der Waals surface area contributed by atoms with E-state index >= 15 is 0 Å². The molecule has 0 aliphatic heterocycles. The van der Waals surface area contributed by atoms with E-state index in [0.717, 1.165) is 6.61 Å². The molecule has 0 spiro atoms. The molecule has 20 heavy (non-hydrogen) atoms. The van der Waals surface area contributed by atoms with E-state index in [9.17, 15) is 8.42 Å². The van der Waals surface area contributed by atoms with Crippen LogP contribution in [0.2, 0.25) is 0 Å². The van der Waals surface area contributed by atoms with Crippen molar-refractivity contribution in [2.45, 2.75) is 17.7 Å². The van der Waals surface area contributed by atoms with Crippen molar-refractivity contribution in [1.82, 2.24) is 9.29 Å². The maximum absolute atomic E-state index is 12.3. The van der Waals surface area contributed by atoms with Gasteiger partial charge < -0.3 is 10.2 Å². The first-order valence-electron chi connectivity index (χ1n) is 6.51. The summed E-state index contributed by atoms with van der Waals surface area (Å²) < 4.78 is 31.4. The average Bonchev–Trinajstić information content (AvgIpc) is 3.27. The van der Waals surface area contributed by atoms with Crippen LogP contribution in [0.4, 0.5) is 5.82 Å². The van der Waals surface area contributed by atoms with Crippen molar-refractivity contribution in [2.75, 3.05) is 32.2 Å². The molecule has 7 nitrogen and oxygen atoms in total. The van der Waals surface area contributed by atoms with Crippen LogP contribution in [0.25, 0.3) is 0 Å². The van der Waals surface area contributed by atoms with Crippen molar-refractivity contribution in [2.24, 2.45) is 11.8 Å². The van der Waals surface area contributed by atoms with E-state index in [2.05, 4.69) is 10.4 Å². The summed E-state index contributed by atoms with van der Waals surface area (Å²) in [7, 11) is -2.01. The standard InChI is InChI=1S/C12H20N4O3S/c1-16(6-7-19-9-10-2-3-10)20(17,18)11-4-5-14-12(8-11)15-13/h4-5,8,10H,2-3,6-7,9,13H2,1H3,(H,14,15). The van der Waals surface area contributed by atoms with E-state index in [1.54, 1.807) is 0 Å². The van der Waals surface area contributed by atoms with Crippen LogP contribution in [0.3, 0.4) is 0 Å². The molecule has 1 aromatic rings. The summed E-state index contributed by atoms with van der Waals surface area (Å²) in [5.74, 6) is 6.22. The molecule has 0 unspecified atom stereocenters. The molecule has 1 fully saturated rings. The van der Waals surface area contributed by atoms with Crippen molar-refractivity contribution in [3.05, 3.63) is 18.3 Å². The van der Waals surface area contributed by atoms with Gasteiger partial charge in [-0.2, -0.15) is 4.31 Å². The van der Waals surface area contributed by atoms with Gasteiger partial charge in [0.05, 0.1) is 11.5 Å².